The van der Waals surface area contributed by atoms with Crippen LogP contribution in [0, 0.1) is 6.92 Å². The highest BCUT2D eigenvalue weighted by Crippen LogP contribution is 2.19. The van der Waals surface area contributed by atoms with E-state index in [1.807, 2.05) is 24.9 Å². The van der Waals surface area contributed by atoms with Gasteiger partial charge in [0, 0.05) is 38.6 Å². The monoisotopic (exact) mass is 342 g/mol. The van der Waals surface area contributed by atoms with E-state index in [1.54, 1.807) is 12.4 Å². The van der Waals surface area contributed by atoms with Gasteiger partial charge in [-0.3, -0.25) is 9.69 Å². The zero-order chi connectivity index (χ0) is 17.4. The first-order valence-electron chi connectivity index (χ1n) is 8.53. The second-order valence-corrected chi connectivity index (χ2v) is 6.57. The molecule has 0 aromatic carbocycles. The second-order valence-electron chi connectivity index (χ2n) is 6.57. The molecule has 2 aromatic rings. The molecule has 0 radical (unpaired) electrons. The van der Waals surface area contributed by atoms with E-state index in [4.69, 9.17) is 0 Å². The van der Waals surface area contributed by atoms with Gasteiger partial charge in [0.2, 0.25) is 11.9 Å². The summed E-state index contributed by atoms with van der Waals surface area (Å²) >= 11 is 0. The number of fused-ring (bicyclic) bond motifs is 1. The van der Waals surface area contributed by atoms with Gasteiger partial charge in [-0.1, -0.05) is 0 Å². The minimum atomic E-state index is -0.165. The van der Waals surface area contributed by atoms with Crippen LogP contribution in [0.15, 0.2) is 18.5 Å². The van der Waals surface area contributed by atoms with Crippen molar-refractivity contribution < 1.29 is 4.79 Å². The van der Waals surface area contributed by atoms with Crippen LogP contribution in [0.1, 0.15) is 11.6 Å². The minimum absolute atomic E-state index is 0.165. The number of aromatic nitrogens is 5. The summed E-state index contributed by atoms with van der Waals surface area (Å²) in [5.74, 6) is 2.70. The largest absolute Gasteiger partial charge is 0.338 e. The second kappa shape index (κ2) is 6.40. The molecule has 1 saturated heterocycles. The maximum Gasteiger partial charge on any atom is 0.241 e. The maximum absolute atomic E-state index is 13.0. The third-order valence-corrected chi connectivity index (χ3v) is 5.00. The van der Waals surface area contributed by atoms with Gasteiger partial charge in [0.15, 0.2) is 0 Å². The number of hydrogen-bond acceptors (Lipinski definition) is 7. The molecule has 2 aliphatic heterocycles. The fourth-order valence-corrected chi connectivity index (χ4v) is 3.48. The van der Waals surface area contributed by atoms with Gasteiger partial charge in [-0.15, -0.1) is 10.2 Å². The van der Waals surface area contributed by atoms with Crippen LogP contribution >= 0.6 is 0 Å². The van der Waals surface area contributed by atoms with Gasteiger partial charge in [0.05, 0.1) is 13.1 Å². The van der Waals surface area contributed by atoms with Gasteiger partial charge in [-0.25, -0.2) is 9.97 Å². The molecule has 1 atom stereocenters. The average molecular weight is 342 g/mol. The zero-order valence-corrected chi connectivity index (χ0v) is 14.5. The maximum atomic E-state index is 13.0. The van der Waals surface area contributed by atoms with E-state index in [-0.39, 0.29) is 11.9 Å². The normalized spacial score (nSPS) is 21.3. The van der Waals surface area contributed by atoms with Crippen LogP contribution in [0.3, 0.4) is 0 Å². The standard InChI is InChI=1S/C16H22N8O/c1-12-19-20-14-11-21(2)13(10-24(12)14)15(25)22-6-8-23(9-7-22)16-17-4-3-5-18-16/h3-5,13H,6-11H2,1-2H3. The third kappa shape index (κ3) is 2.95. The Bertz CT molecular complexity index is 753. The molecule has 4 heterocycles. The molecule has 0 bridgehead atoms. The Kier molecular flexibility index (Phi) is 4.08. The number of carbonyl (C=O) groups excluding carboxylic acids is 1. The lowest BCUT2D eigenvalue weighted by molar-refractivity contribution is -0.138. The molecule has 132 valence electrons. The Balaban J connectivity index is 1.42. The lowest BCUT2D eigenvalue weighted by atomic mass is 10.1. The van der Waals surface area contributed by atoms with Crippen molar-refractivity contribution >= 4 is 11.9 Å². The third-order valence-electron chi connectivity index (χ3n) is 5.00. The first kappa shape index (κ1) is 15.9. The van der Waals surface area contributed by atoms with Gasteiger partial charge < -0.3 is 14.4 Å². The predicted octanol–water partition coefficient (Wildman–Crippen LogP) is -0.461. The Hall–Kier alpha value is -2.55. The summed E-state index contributed by atoms with van der Waals surface area (Å²) in [6.45, 7) is 6.08. The molecule has 9 nitrogen and oxygen atoms in total. The van der Waals surface area contributed by atoms with E-state index < -0.39 is 0 Å². The average Bonchev–Trinajstić information content (AvgIpc) is 3.01. The van der Waals surface area contributed by atoms with E-state index in [9.17, 15) is 4.79 Å². The summed E-state index contributed by atoms with van der Waals surface area (Å²) in [7, 11) is 1.98. The Morgan fingerprint density at radius 1 is 1.12 bits per heavy atom. The summed E-state index contributed by atoms with van der Waals surface area (Å²) in [6.07, 6.45) is 3.49. The molecule has 0 spiro atoms. The van der Waals surface area contributed by atoms with Crippen LogP contribution in [-0.2, 0) is 17.9 Å². The number of amides is 1. The Morgan fingerprint density at radius 3 is 2.56 bits per heavy atom. The SMILES string of the molecule is Cc1nnc2n1CC(C(=O)N1CCN(c3ncccn3)CC1)N(C)C2. The van der Waals surface area contributed by atoms with E-state index in [2.05, 4.69) is 34.5 Å². The molecular weight excluding hydrogens is 320 g/mol. The number of carbonyl (C=O) groups is 1. The van der Waals surface area contributed by atoms with Crippen molar-refractivity contribution in [2.24, 2.45) is 0 Å². The first-order chi connectivity index (χ1) is 12.1. The molecule has 9 heteroatoms. The quantitative estimate of drug-likeness (QED) is 0.730. The molecule has 1 unspecified atom stereocenters. The highest BCUT2D eigenvalue weighted by Gasteiger charge is 2.35. The number of aryl methyl sites for hydroxylation is 1. The summed E-state index contributed by atoms with van der Waals surface area (Å²) in [5.41, 5.74) is 0. The van der Waals surface area contributed by atoms with Crippen molar-refractivity contribution in [3.63, 3.8) is 0 Å². The van der Waals surface area contributed by atoms with Crippen LogP contribution in [0.2, 0.25) is 0 Å². The summed E-state index contributed by atoms with van der Waals surface area (Å²) in [4.78, 5) is 27.7. The first-order valence-corrected chi connectivity index (χ1v) is 8.53. The predicted molar refractivity (Wildman–Crippen MR) is 90.8 cm³/mol. The molecule has 1 fully saturated rings. The van der Waals surface area contributed by atoms with Crippen molar-refractivity contribution in [1.29, 1.82) is 0 Å². The number of hydrogen-bond donors (Lipinski definition) is 0. The van der Waals surface area contributed by atoms with E-state index >= 15 is 0 Å². The highest BCUT2D eigenvalue weighted by molar-refractivity contribution is 5.82. The number of likely N-dealkylation sites (N-methyl/N-ethyl adjacent to an activating group) is 1. The van der Waals surface area contributed by atoms with Gasteiger partial charge in [-0.05, 0) is 20.0 Å². The molecule has 2 aliphatic rings. The molecule has 25 heavy (non-hydrogen) atoms. The summed E-state index contributed by atoms with van der Waals surface area (Å²) < 4.78 is 2.05. The number of piperazine rings is 1. The fourth-order valence-electron chi connectivity index (χ4n) is 3.48. The number of anilines is 1. The van der Waals surface area contributed by atoms with Crippen molar-refractivity contribution in [3.8, 4) is 0 Å². The van der Waals surface area contributed by atoms with Crippen LogP contribution in [0.5, 0.6) is 0 Å². The summed E-state index contributed by atoms with van der Waals surface area (Å²) in [5, 5.41) is 8.31. The molecule has 0 aliphatic carbocycles. The lowest BCUT2D eigenvalue weighted by Crippen LogP contribution is -2.56. The molecular formula is C16H22N8O. The van der Waals surface area contributed by atoms with Crippen LogP contribution in [0.25, 0.3) is 0 Å². The Labute approximate surface area is 146 Å². The minimum Gasteiger partial charge on any atom is -0.338 e. The zero-order valence-electron chi connectivity index (χ0n) is 14.5. The number of rotatable bonds is 2. The van der Waals surface area contributed by atoms with Crippen molar-refractivity contribution in [1.82, 2.24) is 34.5 Å². The number of nitrogens with zero attached hydrogens (tertiary/aromatic N) is 8. The molecule has 2 aromatic heterocycles. The van der Waals surface area contributed by atoms with Crippen molar-refractivity contribution in [2.45, 2.75) is 26.1 Å². The molecule has 0 saturated carbocycles. The topological polar surface area (TPSA) is 83.3 Å². The van der Waals surface area contributed by atoms with Gasteiger partial charge in [0.1, 0.15) is 17.7 Å². The lowest BCUT2D eigenvalue weighted by Gasteiger charge is -2.39. The highest BCUT2D eigenvalue weighted by atomic mass is 16.2. The van der Waals surface area contributed by atoms with E-state index in [1.165, 1.54) is 0 Å². The van der Waals surface area contributed by atoms with Crippen LogP contribution in [0.4, 0.5) is 5.95 Å². The summed E-state index contributed by atoms with van der Waals surface area (Å²) in [6, 6.07) is 1.64. The van der Waals surface area contributed by atoms with Gasteiger partial charge >= 0.3 is 0 Å². The van der Waals surface area contributed by atoms with Crippen molar-refractivity contribution in [2.75, 3.05) is 38.1 Å². The van der Waals surface area contributed by atoms with Crippen LogP contribution < -0.4 is 4.90 Å². The Morgan fingerprint density at radius 2 is 1.84 bits per heavy atom. The molecule has 1 amide bonds. The van der Waals surface area contributed by atoms with Crippen LogP contribution in [-0.4, -0.2) is 79.7 Å². The van der Waals surface area contributed by atoms with Gasteiger partial charge in [0.25, 0.3) is 0 Å². The van der Waals surface area contributed by atoms with E-state index in [0.29, 0.717) is 26.2 Å². The smallest absolute Gasteiger partial charge is 0.241 e. The fraction of sp³-hybridized carbons (Fsp3) is 0.562. The van der Waals surface area contributed by atoms with Gasteiger partial charge in [-0.2, -0.15) is 0 Å². The van der Waals surface area contributed by atoms with Crippen molar-refractivity contribution in [3.05, 3.63) is 30.1 Å². The molecule has 4 rings (SSSR count). The van der Waals surface area contributed by atoms with E-state index in [0.717, 1.165) is 30.7 Å². The molecule has 0 N–H and O–H groups in total.